The topological polar surface area (TPSA) is 83.0 Å². The maximum atomic E-state index is 12.8. The highest BCUT2D eigenvalue weighted by Crippen LogP contribution is 2.49. The highest BCUT2D eigenvalue weighted by Gasteiger charge is 2.65. The largest absolute Gasteiger partial charge is 0.506 e. The third kappa shape index (κ3) is 1.97. The second-order valence-corrected chi connectivity index (χ2v) is 7.10. The van der Waals surface area contributed by atoms with Gasteiger partial charge in [0, 0.05) is 13.0 Å². The van der Waals surface area contributed by atoms with Gasteiger partial charge < -0.3 is 19.6 Å². The second kappa shape index (κ2) is 5.17. The van der Waals surface area contributed by atoms with E-state index >= 15 is 0 Å². The van der Waals surface area contributed by atoms with Crippen molar-refractivity contribution in [2.24, 2.45) is 5.92 Å². The van der Waals surface area contributed by atoms with Gasteiger partial charge >= 0.3 is 0 Å². The number of aromatic hydroxyl groups is 1. The molecule has 3 aliphatic heterocycles. The number of ether oxygens (including phenoxy) is 1. The lowest BCUT2D eigenvalue weighted by Crippen LogP contribution is -2.51. The van der Waals surface area contributed by atoms with Gasteiger partial charge in [-0.1, -0.05) is 13.8 Å². The van der Waals surface area contributed by atoms with E-state index in [0.717, 1.165) is 0 Å². The predicted octanol–water partition coefficient (Wildman–Crippen LogP) is 0.985. The van der Waals surface area contributed by atoms with Crippen molar-refractivity contribution >= 4 is 11.8 Å². The monoisotopic (exact) mass is 331 g/mol. The van der Waals surface area contributed by atoms with Gasteiger partial charge in [-0.2, -0.15) is 0 Å². The first-order valence-corrected chi connectivity index (χ1v) is 8.36. The summed E-state index contributed by atoms with van der Waals surface area (Å²) in [7, 11) is 0. The standard InChI is InChI=1S/C17H21N3O4/c1-10(2)13-9-24-17-5-6-19(14(17)7-15(22)20(13)17)16(23)12-4-3-11(21)8-18-12/h3-4,8,10,13-14,21H,5-7,9H2,1-2H3/t13-,14+,17-/m0/s1. The molecular weight excluding hydrogens is 310 g/mol. The molecule has 4 rings (SSSR count). The summed E-state index contributed by atoms with van der Waals surface area (Å²) in [5, 5.41) is 9.33. The Hall–Kier alpha value is -2.15. The summed E-state index contributed by atoms with van der Waals surface area (Å²) in [4.78, 5) is 33.0. The summed E-state index contributed by atoms with van der Waals surface area (Å²) < 4.78 is 6.12. The third-order valence-electron chi connectivity index (χ3n) is 5.49. The van der Waals surface area contributed by atoms with E-state index in [2.05, 4.69) is 18.8 Å². The lowest BCUT2D eigenvalue weighted by molar-refractivity contribution is -0.139. The van der Waals surface area contributed by atoms with Crippen molar-refractivity contribution in [3.05, 3.63) is 24.0 Å². The van der Waals surface area contributed by atoms with Gasteiger partial charge in [0.1, 0.15) is 11.4 Å². The van der Waals surface area contributed by atoms with Gasteiger partial charge in [0.25, 0.3) is 5.91 Å². The summed E-state index contributed by atoms with van der Waals surface area (Å²) in [6, 6.07) is 2.75. The molecule has 1 aromatic rings. The van der Waals surface area contributed by atoms with Gasteiger partial charge in [0.2, 0.25) is 5.91 Å². The van der Waals surface area contributed by atoms with Crippen molar-refractivity contribution in [2.45, 2.75) is 44.5 Å². The van der Waals surface area contributed by atoms with Crippen molar-refractivity contribution in [1.82, 2.24) is 14.8 Å². The Balaban J connectivity index is 1.63. The fourth-order valence-electron chi connectivity index (χ4n) is 4.27. The number of pyridine rings is 1. The molecule has 3 saturated heterocycles. The Kier molecular flexibility index (Phi) is 3.32. The van der Waals surface area contributed by atoms with E-state index in [1.54, 1.807) is 4.90 Å². The summed E-state index contributed by atoms with van der Waals surface area (Å²) in [6.07, 6.45) is 2.19. The fraction of sp³-hybridized carbons (Fsp3) is 0.588. The van der Waals surface area contributed by atoms with Crippen LogP contribution in [0.1, 0.15) is 37.2 Å². The molecule has 0 unspecified atom stereocenters. The van der Waals surface area contributed by atoms with Crippen LogP contribution in [0.2, 0.25) is 0 Å². The van der Waals surface area contributed by atoms with Gasteiger partial charge in [-0.15, -0.1) is 0 Å². The Morgan fingerprint density at radius 1 is 1.46 bits per heavy atom. The first-order valence-electron chi connectivity index (χ1n) is 8.36. The number of nitrogens with zero attached hydrogens (tertiary/aromatic N) is 3. The molecule has 7 nitrogen and oxygen atoms in total. The minimum atomic E-state index is -0.668. The van der Waals surface area contributed by atoms with Crippen LogP contribution in [-0.2, 0) is 9.53 Å². The predicted molar refractivity (Wildman–Crippen MR) is 84.1 cm³/mol. The van der Waals surface area contributed by atoms with Crippen LogP contribution in [0, 0.1) is 5.92 Å². The normalized spacial score (nSPS) is 31.7. The van der Waals surface area contributed by atoms with Gasteiger partial charge in [-0.3, -0.25) is 9.59 Å². The number of aromatic nitrogens is 1. The van der Waals surface area contributed by atoms with E-state index in [-0.39, 0.29) is 35.3 Å². The maximum Gasteiger partial charge on any atom is 0.272 e. The average molecular weight is 331 g/mol. The van der Waals surface area contributed by atoms with Crippen LogP contribution in [0.5, 0.6) is 5.75 Å². The Morgan fingerprint density at radius 3 is 2.92 bits per heavy atom. The maximum absolute atomic E-state index is 12.8. The van der Waals surface area contributed by atoms with E-state index < -0.39 is 5.72 Å². The van der Waals surface area contributed by atoms with Gasteiger partial charge in [0.05, 0.1) is 31.3 Å². The molecule has 0 saturated carbocycles. The molecule has 24 heavy (non-hydrogen) atoms. The van der Waals surface area contributed by atoms with Gasteiger partial charge in [-0.25, -0.2) is 4.98 Å². The minimum absolute atomic E-state index is 0.0190. The second-order valence-electron chi connectivity index (χ2n) is 7.10. The quantitative estimate of drug-likeness (QED) is 0.874. The molecule has 3 fully saturated rings. The van der Waals surface area contributed by atoms with Crippen LogP contribution in [0.4, 0.5) is 0 Å². The highest BCUT2D eigenvalue weighted by atomic mass is 16.5. The molecule has 128 valence electrons. The average Bonchev–Trinajstić information content (AvgIpc) is 3.17. The van der Waals surface area contributed by atoms with Crippen molar-refractivity contribution in [1.29, 1.82) is 0 Å². The van der Waals surface area contributed by atoms with E-state index in [0.29, 0.717) is 31.9 Å². The molecule has 7 heteroatoms. The van der Waals surface area contributed by atoms with Crippen LogP contribution in [0.15, 0.2) is 18.3 Å². The zero-order chi connectivity index (χ0) is 17.1. The Bertz CT molecular complexity index is 690. The number of hydrogen-bond acceptors (Lipinski definition) is 5. The summed E-state index contributed by atoms with van der Waals surface area (Å²) >= 11 is 0. The number of carbonyl (C=O) groups is 2. The minimum Gasteiger partial charge on any atom is -0.506 e. The van der Waals surface area contributed by atoms with E-state index in [4.69, 9.17) is 4.74 Å². The number of likely N-dealkylation sites (tertiary alicyclic amines) is 1. The summed E-state index contributed by atoms with van der Waals surface area (Å²) in [6.45, 7) is 5.25. The molecule has 1 spiro atoms. The van der Waals surface area contributed by atoms with E-state index in [1.807, 2.05) is 4.90 Å². The van der Waals surface area contributed by atoms with Crippen molar-refractivity contribution in [3.8, 4) is 5.75 Å². The van der Waals surface area contributed by atoms with Gasteiger partial charge in [0.15, 0.2) is 5.72 Å². The van der Waals surface area contributed by atoms with Crippen molar-refractivity contribution < 1.29 is 19.4 Å². The lowest BCUT2D eigenvalue weighted by Gasteiger charge is -2.34. The van der Waals surface area contributed by atoms with Crippen LogP contribution in [0.25, 0.3) is 0 Å². The first-order chi connectivity index (χ1) is 11.4. The van der Waals surface area contributed by atoms with Gasteiger partial charge in [-0.05, 0) is 18.1 Å². The molecular formula is C17H21N3O4. The SMILES string of the molecule is CC(C)[C@@H]1CO[C@@]23CCN(C(=O)c4ccc(O)cn4)[C@@H]2CC(=O)N13. The molecule has 0 aliphatic carbocycles. The molecule has 4 heterocycles. The third-order valence-corrected chi connectivity index (χ3v) is 5.49. The Morgan fingerprint density at radius 2 is 2.25 bits per heavy atom. The summed E-state index contributed by atoms with van der Waals surface area (Å²) in [5.74, 6) is 0.177. The number of rotatable bonds is 2. The van der Waals surface area contributed by atoms with Crippen LogP contribution in [-0.4, -0.2) is 62.7 Å². The zero-order valence-electron chi connectivity index (χ0n) is 13.8. The molecule has 1 aromatic heterocycles. The number of amides is 2. The van der Waals surface area contributed by atoms with E-state index in [9.17, 15) is 14.7 Å². The fourth-order valence-corrected chi connectivity index (χ4v) is 4.27. The van der Waals surface area contributed by atoms with Crippen LogP contribution in [0.3, 0.4) is 0 Å². The molecule has 0 radical (unpaired) electrons. The van der Waals surface area contributed by atoms with Crippen molar-refractivity contribution in [3.63, 3.8) is 0 Å². The van der Waals surface area contributed by atoms with Crippen molar-refractivity contribution in [2.75, 3.05) is 13.2 Å². The van der Waals surface area contributed by atoms with E-state index in [1.165, 1.54) is 18.3 Å². The molecule has 0 bridgehead atoms. The number of hydrogen-bond donors (Lipinski definition) is 1. The molecule has 0 aromatic carbocycles. The molecule has 1 N–H and O–H groups in total. The molecule has 3 atom stereocenters. The van der Waals surface area contributed by atoms with Crippen LogP contribution >= 0.6 is 0 Å². The summed E-state index contributed by atoms with van der Waals surface area (Å²) in [5.41, 5.74) is -0.396. The lowest BCUT2D eigenvalue weighted by atomic mass is 10.0. The molecule has 2 amide bonds. The number of carbonyl (C=O) groups excluding carboxylic acids is 2. The van der Waals surface area contributed by atoms with Crippen LogP contribution < -0.4 is 0 Å². The smallest absolute Gasteiger partial charge is 0.272 e. The first kappa shape index (κ1) is 15.4. The Labute approximate surface area is 140 Å². The molecule has 3 aliphatic rings. The zero-order valence-corrected chi connectivity index (χ0v) is 13.8. The highest BCUT2D eigenvalue weighted by molar-refractivity contribution is 5.94.